The number of benzene rings is 1. The van der Waals surface area contributed by atoms with E-state index < -0.39 is 4.92 Å². The van der Waals surface area contributed by atoms with Crippen LogP contribution in [0.1, 0.15) is 26.3 Å². The van der Waals surface area contributed by atoms with E-state index in [1.165, 1.54) is 6.07 Å². The van der Waals surface area contributed by atoms with Gasteiger partial charge < -0.3 is 17.2 Å². The van der Waals surface area contributed by atoms with Crippen molar-refractivity contribution in [2.24, 2.45) is 27.2 Å². The van der Waals surface area contributed by atoms with E-state index in [4.69, 9.17) is 28.8 Å². The minimum atomic E-state index is -0.581. The molecular weight excluding hydrogens is 296 g/mol. The number of nitrogens with zero attached hydrogens (tertiary/aromatic N) is 3. The molecule has 0 spiro atoms. The molecule has 9 heteroatoms. The smallest absolute Gasteiger partial charge is 0.296 e. The third-order valence-corrected chi connectivity index (χ3v) is 2.86. The van der Waals surface area contributed by atoms with Crippen LogP contribution < -0.4 is 17.2 Å². The molecule has 0 aliphatic rings. The lowest BCUT2D eigenvalue weighted by molar-refractivity contribution is -0.384. The average molecular weight is 313 g/mol. The zero-order valence-electron chi connectivity index (χ0n) is 11.9. The van der Waals surface area contributed by atoms with Crippen molar-refractivity contribution >= 4 is 34.9 Å². The average Bonchev–Trinajstić information content (AvgIpc) is 2.28. The lowest BCUT2D eigenvalue weighted by Crippen LogP contribution is -2.26. The highest BCUT2D eigenvalue weighted by atomic mass is 35.5. The number of aliphatic imine (C=N–C) groups is 2. The first-order valence-electron chi connectivity index (χ1n) is 5.94. The number of nitrogens with two attached hydrogens (primary N) is 3. The third kappa shape index (κ3) is 4.32. The van der Waals surface area contributed by atoms with Crippen molar-refractivity contribution in [3.63, 3.8) is 0 Å². The molecule has 1 aromatic carbocycles. The normalized spacial score (nSPS) is 12.1. The van der Waals surface area contributed by atoms with E-state index in [9.17, 15) is 10.1 Å². The van der Waals surface area contributed by atoms with Gasteiger partial charge in [0.1, 0.15) is 0 Å². The lowest BCUT2D eigenvalue weighted by Gasteiger charge is -2.19. The summed E-state index contributed by atoms with van der Waals surface area (Å²) in [6.45, 7) is 5.75. The summed E-state index contributed by atoms with van der Waals surface area (Å²) in [7, 11) is 0. The molecule has 0 saturated carbocycles. The summed E-state index contributed by atoms with van der Waals surface area (Å²) in [6.07, 6.45) is 0. The summed E-state index contributed by atoms with van der Waals surface area (Å²) >= 11 is 6.09. The monoisotopic (exact) mass is 312 g/mol. The number of guanidine groups is 2. The molecule has 0 saturated heterocycles. The van der Waals surface area contributed by atoms with Crippen molar-refractivity contribution in [3.8, 4) is 0 Å². The molecule has 0 aromatic heterocycles. The van der Waals surface area contributed by atoms with Gasteiger partial charge in [-0.1, -0.05) is 32.4 Å². The van der Waals surface area contributed by atoms with Crippen LogP contribution in [0.5, 0.6) is 0 Å². The van der Waals surface area contributed by atoms with Crippen molar-refractivity contribution in [2.75, 3.05) is 0 Å². The molecule has 0 atom stereocenters. The number of halogens is 1. The third-order valence-electron chi connectivity index (χ3n) is 2.58. The molecule has 8 nitrogen and oxygen atoms in total. The van der Waals surface area contributed by atoms with Crippen molar-refractivity contribution in [3.05, 3.63) is 32.8 Å². The Morgan fingerprint density at radius 1 is 1.29 bits per heavy atom. The Labute approximate surface area is 126 Å². The highest BCUT2D eigenvalue weighted by molar-refractivity contribution is 6.33. The standard InChI is InChI=1S/C12H17ClN6O2/c1-12(2,3)6-4-7(13)9(8(5-6)19(20)21)17-11(16)18-10(14)15/h4-5H,1-3H3,(H6,14,15,16,17,18). The van der Waals surface area contributed by atoms with E-state index in [0.29, 0.717) is 5.56 Å². The van der Waals surface area contributed by atoms with E-state index in [-0.39, 0.29) is 33.7 Å². The Bertz CT molecular complexity index is 629. The Morgan fingerprint density at radius 3 is 2.29 bits per heavy atom. The molecule has 1 rings (SSSR count). The maximum absolute atomic E-state index is 11.2. The van der Waals surface area contributed by atoms with Crippen molar-refractivity contribution in [1.29, 1.82) is 0 Å². The van der Waals surface area contributed by atoms with E-state index in [1.807, 2.05) is 20.8 Å². The van der Waals surface area contributed by atoms with Crippen molar-refractivity contribution < 1.29 is 4.92 Å². The second-order valence-electron chi connectivity index (χ2n) is 5.34. The summed E-state index contributed by atoms with van der Waals surface area (Å²) in [5, 5.41) is 11.3. The minimum Gasteiger partial charge on any atom is -0.370 e. The molecule has 0 amide bonds. The van der Waals surface area contributed by atoms with Crippen LogP contribution in [0.15, 0.2) is 22.1 Å². The number of nitro groups is 1. The summed E-state index contributed by atoms with van der Waals surface area (Å²) in [6, 6.07) is 3.02. The van der Waals surface area contributed by atoms with Gasteiger partial charge >= 0.3 is 0 Å². The predicted molar refractivity (Wildman–Crippen MR) is 83.9 cm³/mol. The fourth-order valence-electron chi connectivity index (χ4n) is 1.54. The van der Waals surface area contributed by atoms with Gasteiger partial charge in [-0.2, -0.15) is 4.99 Å². The molecule has 0 heterocycles. The first-order chi connectivity index (χ1) is 9.52. The highest BCUT2D eigenvalue weighted by Crippen LogP contribution is 2.39. The van der Waals surface area contributed by atoms with E-state index >= 15 is 0 Å². The molecule has 0 radical (unpaired) electrons. The molecule has 0 bridgehead atoms. The van der Waals surface area contributed by atoms with E-state index in [0.717, 1.165) is 0 Å². The molecule has 114 valence electrons. The van der Waals surface area contributed by atoms with Crippen molar-refractivity contribution in [2.45, 2.75) is 26.2 Å². The van der Waals surface area contributed by atoms with Gasteiger partial charge in [-0.15, -0.1) is 0 Å². The zero-order valence-corrected chi connectivity index (χ0v) is 12.7. The molecule has 0 aliphatic carbocycles. The van der Waals surface area contributed by atoms with Gasteiger partial charge in [0.05, 0.1) is 9.95 Å². The van der Waals surface area contributed by atoms with Crippen LogP contribution in [0.2, 0.25) is 5.02 Å². The summed E-state index contributed by atoms with van der Waals surface area (Å²) in [4.78, 5) is 17.9. The van der Waals surface area contributed by atoms with Gasteiger partial charge in [0.2, 0.25) is 5.96 Å². The molecule has 0 aliphatic heterocycles. The Morgan fingerprint density at radius 2 is 1.86 bits per heavy atom. The largest absolute Gasteiger partial charge is 0.370 e. The SMILES string of the molecule is CC(C)(C)c1cc(Cl)c(N=C(N)N=C(N)N)c([N+](=O)[O-])c1. The second-order valence-corrected chi connectivity index (χ2v) is 5.75. The van der Waals surface area contributed by atoms with E-state index in [2.05, 4.69) is 9.98 Å². The molecule has 0 unspecified atom stereocenters. The predicted octanol–water partition coefficient (Wildman–Crippen LogP) is 1.77. The summed E-state index contributed by atoms with van der Waals surface area (Å²) in [5.41, 5.74) is 15.9. The highest BCUT2D eigenvalue weighted by Gasteiger charge is 2.24. The van der Waals surface area contributed by atoms with Gasteiger partial charge in [-0.25, -0.2) is 4.99 Å². The summed E-state index contributed by atoms with van der Waals surface area (Å²) < 4.78 is 0. The first-order valence-corrected chi connectivity index (χ1v) is 6.32. The number of rotatable bonds is 2. The van der Waals surface area contributed by atoms with Crippen LogP contribution in [0, 0.1) is 10.1 Å². The lowest BCUT2D eigenvalue weighted by atomic mass is 9.86. The maximum atomic E-state index is 11.2. The fraction of sp³-hybridized carbons (Fsp3) is 0.333. The molecular formula is C12H17ClN6O2. The van der Waals surface area contributed by atoms with Gasteiger partial charge in [0.15, 0.2) is 11.6 Å². The second kappa shape index (κ2) is 5.96. The topological polar surface area (TPSA) is 146 Å². The Balaban J connectivity index is 3.53. The van der Waals surface area contributed by atoms with Crippen LogP contribution in [0.25, 0.3) is 0 Å². The molecule has 1 aromatic rings. The number of hydrogen-bond donors (Lipinski definition) is 3. The fourth-order valence-corrected chi connectivity index (χ4v) is 1.80. The molecule has 0 fully saturated rings. The molecule has 21 heavy (non-hydrogen) atoms. The van der Waals surface area contributed by atoms with Gasteiger partial charge in [0, 0.05) is 6.07 Å². The van der Waals surface area contributed by atoms with Crippen LogP contribution in [-0.4, -0.2) is 16.8 Å². The van der Waals surface area contributed by atoms with Gasteiger partial charge in [0.25, 0.3) is 5.69 Å². The van der Waals surface area contributed by atoms with Crippen LogP contribution in [0.4, 0.5) is 11.4 Å². The van der Waals surface area contributed by atoms with E-state index in [1.54, 1.807) is 6.07 Å². The maximum Gasteiger partial charge on any atom is 0.296 e. The minimum absolute atomic E-state index is 0.0860. The van der Waals surface area contributed by atoms with Crippen LogP contribution >= 0.6 is 11.6 Å². The van der Waals surface area contributed by atoms with Crippen LogP contribution in [0.3, 0.4) is 0 Å². The van der Waals surface area contributed by atoms with Gasteiger partial charge in [-0.05, 0) is 17.0 Å². The number of nitro benzene ring substituents is 1. The zero-order chi connectivity index (χ0) is 16.4. The Hall–Kier alpha value is -2.35. The summed E-state index contributed by atoms with van der Waals surface area (Å²) in [5.74, 6) is -0.621. The Kier molecular flexibility index (Phi) is 4.74. The van der Waals surface area contributed by atoms with Crippen molar-refractivity contribution in [1.82, 2.24) is 0 Å². The first kappa shape index (κ1) is 16.7. The van der Waals surface area contributed by atoms with Gasteiger partial charge in [-0.3, -0.25) is 10.1 Å². The molecule has 6 N–H and O–H groups in total. The number of hydrogen-bond acceptors (Lipinski definition) is 3. The quantitative estimate of drug-likeness (QED) is 0.329. The van der Waals surface area contributed by atoms with Crippen LogP contribution in [-0.2, 0) is 5.41 Å².